The SMILES string of the molecule is COc1ccc(C)c(Oc2ccc([N+](=O)[O-])cc2)c1. The summed E-state index contributed by atoms with van der Waals surface area (Å²) in [6.07, 6.45) is 0. The van der Waals surface area contributed by atoms with Crippen molar-refractivity contribution in [2.45, 2.75) is 6.92 Å². The van der Waals surface area contributed by atoms with Gasteiger partial charge in [0, 0.05) is 18.2 Å². The number of non-ortho nitro benzene ring substituents is 1. The van der Waals surface area contributed by atoms with Crippen LogP contribution in [0.25, 0.3) is 0 Å². The molecule has 0 bridgehead atoms. The Morgan fingerprint density at radius 1 is 1.05 bits per heavy atom. The van der Waals surface area contributed by atoms with E-state index in [9.17, 15) is 10.1 Å². The van der Waals surface area contributed by atoms with Gasteiger partial charge >= 0.3 is 0 Å². The lowest BCUT2D eigenvalue weighted by Gasteiger charge is -2.10. The van der Waals surface area contributed by atoms with Crippen LogP contribution in [0.15, 0.2) is 42.5 Å². The summed E-state index contributed by atoms with van der Waals surface area (Å²) in [7, 11) is 1.58. The first-order chi connectivity index (χ1) is 9.10. The quantitative estimate of drug-likeness (QED) is 0.620. The molecule has 0 spiro atoms. The zero-order valence-corrected chi connectivity index (χ0v) is 10.6. The number of nitro benzene ring substituents is 1. The van der Waals surface area contributed by atoms with Crippen LogP contribution in [0, 0.1) is 17.0 Å². The van der Waals surface area contributed by atoms with Crippen LogP contribution in [0.5, 0.6) is 17.2 Å². The molecule has 2 aromatic rings. The summed E-state index contributed by atoms with van der Waals surface area (Å²) in [6.45, 7) is 1.92. The second kappa shape index (κ2) is 5.39. The lowest BCUT2D eigenvalue weighted by Crippen LogP contribution is -1.91. The van der Waals surface area contributed by atoms with Crippen molar-refractivity contribution in [1.29, 1.82) is 0 Å². The Bertz CT molecular complexity index is 593. The molecule has 0 unspecified atom stereocenters. The Morgan fingerprint density at radius 3 is 2.26 bits per heavy atom. The van der Waals surface area contributed by atoms with Gasteiger partial charge in [-0.3, -0.25) is 10.1 Å². The lowest BCUT2D eigenvalue weighted by molar-refractivity contribution is -0.384. The van der Waals surface area contributed by atoms with Crippen molar-refractivity contribution in [2.75, 3.05) is 7.11 Å². The number of aryl methyl sites for hydroxylation is 1. The average Bonchev–Trinajstić information content (AvgIpc) is 2.42. The standard InChI is InChI=1S/C14H13NO4/c1-10-3-6-13(18-2)9-14(10)19-12-7-4-11(5-8-12)15(16)17/h3-9H,1-2H3. The van der Waals surface area contributed by atoms with Crippen LogP contribution in [-0.4, -0.2) is 12.0 Å². The molecule has 5 heteroatoms. The second-order valence-corrected chi connectivity index (χ2v) is 3.98. The molecule has 0 amide bonds. The number of ether oxygens (including phenoxy) is 2. The van der Waals surface area contributed by atoms with Crippen LogP contribution in [0.2, 0.25) is 0 Å². The fraction of sp³-hybridized carbons (Fsp3) is 0.143. The fourth-order valence-corrected chi connectivity index (χ4v) is 1.58. The van der Waals surface area contributed by atoms with Gasteiger partial charge in [0.2, 0.25) is 0 Å². The van der Waals surface area contributed by atoms with Crippen molar-refractivity contribution < 1.29 is 14.4 Å². The van der Waals surface area contributed by atoms with E-state index in [-0.39, 0.29) is 5.69 Å². The van der Waals surface area contributed by atoms with E-state index >= 15 is 0 Å². The molecule has 5 nitrogen and oxygen atoms in total. The molecule has 0 aliphatic rings. The number of methoxy groups -OCH3 is 1. The highest BCUT2D eigenvalue weighted by molar-refractivity contribution is 5.44. The molecular weight excluding hydrogens is 246 g/mol. The van der Waals surface area contributed by atoms with Crippen molar-refractivity contribution >= 4 is 5.69 Å². The normalized spacial score (nSPS) is 10.0. The highest BCUT2D eigenvalue weighted by Gasteiger charge is 2.07. The van der Waals surface area contributed by atoms with Gasteiger partial charge in [-0.15, -0.1) is 0 Å². The van der Waals surface area contributed by atoms with E-state index in [1.165, 1.54) is 12.1 Å². The van der Waals surface area contributed by atoms with Gasteiger partial charge in [0.15, 0.2) is 0 Å². The summed E-state index contributed by atoms with van der Waals surface area (Å²) in [4.78, 5) is 10.1. The lowest BCUT2D eigenvalue weighted by atomic mass is 10.2. The molecule has 0 fully saturated rings. The van der Waals surface area contributed by atoms with Crippen LogP contribution in [0.1, 0.15) is 5.56 Å². The zero-order chi connectivity index (χ0) is 13.8. The van der Waals surface area contributed by atoms with Gasteiger partial charge in [-0.1, -0.05) is 6.07 Å². The Kier molecular flexibility index (Phi) is 3.66. The van der Waals surface area contributed by atoms with E-state index in [0.717, 1.165) is 5.56 Å². The van der Waals surface area contributed by atoms with Crippen molar-refractivity contribution in [3.8, 4) is 17.2 Å². The number of nitrogens with zero attached hydrogens (tertiary/aromatic N) is 1. The molecule has 0 heterocycles. The third-order valence-corrected chi connectivity index (χ3v) is 2.67. The number of hydrogen-bond donors (Lipinski definition) is 0. The molecule has 2 aromatic carbocycles. The summed E-state index contributed by atoms with van der Waals surface area (Å²) < 4.78 is 10.8. The van der Waals surface area contributed by atoms with Crippen molar-refractivity contribution in [3.63, 3.8) is 0 Å². The molecule has 0 atom stereocenters. The largest absolute Gasteiger partial charge is 0.497 e. The van der Waals surface area contributed by atoms with Crippen LogP contribution in [0.3, 0.4) is 0 Å². The molecule has 0 aliphatic heterocycles. The predicted octanol–water partition coefficient (Wildman–Crippen LogP) is 3.70. The number of hydrogen-bond acceptors (Lipinski definition) is 4. The van der Waals surface area contributed by atoms with Crippen LogP contribution in [0.4, 0.5) is 5.69 Å². The Morgan fingerprint density at radius 2 is 1.68 bits per heavy atom. The van der Waals surface area contributed by atoms with Gasteiger partial charge in [0.05, 0.1) is 12.0 Å². The van der Waals surface area contributed by atoms with E-state index in [1.54, 1.807) is 25.3 Å². The molecule has 0 radical (unpaired) electrons. The van der Waals surface area contributed by atoms with Gasteiger partial charge in [0.1, 0.15) is 17.2 Å². The maximum atomic E-state index is 10.6. The third-order valence-electron chi connectivity index (χ3n) is 2.67. The highest BCUT2D eigenvalue weighted by Crippen LogP contribution is 2.29. The van der Waals surface area contributed by atoms with Crippen molar-refractivity contribution in [2.24, 2.45) is 0 Å². The molecule has 0 N–H and O–H groups in total. The summed E-state index contributed by atoms with van der Waals surface area (Å²) in [6, 6.07) is 11.5. The Labute approximate surface area is 110 Å². The molecule has 0 aliphatic carbocycles. The maximum absolute atomic E-state index is 10.6. The predicted molar refractivity (Wildman–Crippen MR) is 70.9 cm³/mol. The summed E-state index contributed by atoms with van der Waals surface area (Å²) in [5.41, 5.74) is 0.994. The van der Waals surface area contributed by atoms with Crippen LogP contribution < -0.4 is 9.47 Å². The summed E-state index contributed by atoms with van der Waals surface area (Å²) in [5.74, 6) is 1.90. The summed E-state index contributed by atoms with van der Waals surface area (Å²) >= 11 is 0. The molecule has 98 valence electrons. The minimum Gasteiger partial charge on any atom is -0.497 e. The first-order valence-electron chi connectivity index (χ1n) is 5.67. The minimum atomic E-state index is -0.444. The van der Waals surface area contributed by atoms with Crippen molar-refractivity contribution in [1.82, 2.24) is 0 Å². The molecule has 19 heavy (non-hydrogen) atoms. The third kappa shape index (κ3) is 3.01. The molecular formula is C14H13NO4. The fourth-order valence-electron chi connectivity index (χ4n) is 1.58. The van der Waals surface area contributed by atoms with E-state index in [2.05, 4.69) is 0 Å². The van der Waals surface area contributed by atoms with Gasteiger partial charge in [0.25, 0.3) is 5.69 Å². The smallest absolute Gasteiger partial charge is 0.269 e. The molecule has 2 rings (SSSR count). The van der Waals surface area contributed by atoms with E-state index in [1.807, 2.05) is 19.1 Å². The number of rotatable bonds is 4. The van der Waals surface area contributed by atoms with E-state index in [4.69, 9.17) is 9.47 Å². The van der Waals surface area contributed by atoms with E-state index < -0.39 is 4.92 Å². The summed E-state index contributed by atoms with van der Waals surface area (Å²) in [5, 5.41) is 10.6. The molecule has 0 saturated carbocycles. The van der Waals surface area contributed by atoms with E-state index in [0.29, 0.717) is 17.2 Å². The zero-order valence-electron chi connectivity index (χ0n) is 10.6. The number of benzene rings is 2. The van der Waals surface area contributed by atoms with Gasteiger partial charge in [-0.2, -0.15) is 0 Å². The topological polar surface area (TPSA) is 61.6 Å². The second-order valence-electron chi connectivity index (χ2n) is 3.98. The first kappa shape index (κ1) is 12.9. The average molecular weight is 259 g/mol. The van der Waals surface area contributed by atoms with Gasteiger partial charge in [-0.25, -0.2) is 0 Å². The highest BCUT2D eigenvalue weighted by atomic mass is 16.6. The maximum Gasteiger partial charge on any atom is 0.269 e. The Hall–Kier alpha value is -2.56. The van der Waals surface area contributed by atoms with Gasteiger partial charge < -0.3 is 9.47 Å². The molecule has 0 saturated heterocycles. The first-order valence-corrected chi connectivity index (χ1v) is 5.67. The number of nitro groups is 1. The van der Waals surface area contributed by atoms with Crippen LogP contribution in [-0.2, 0) is 0 Å². The van der Waals surface area contributed by atoms with Crippen LogP contribution >= 0.6 is 0 Å². The van der Waals surface area contributed by atoms with Crippen molar-refractivity contribution in [3.05, 3.63) is 58.1 Å². The minimum absolute atomic E-state index is 0.0368. The monoisotopic (exact) mass is 259 g/mol. The van der Waals surface area contributed by atoms with Gasteiger partial charge in [-0.05, 0) is 30.7 Å². The molecule has 0 aromatic heterocycles. The Balaban J connectivity index is 2.23.